The number of nitrogens with one attached hydrogen (secondary N) is 1. The number of halogens is 1. The van der Waals surface area contributed by atoms with Crippen LogP contribution in [0.15, 0.2) is 39.5 Å². The second kappa shape index (κ2) is 6.82. The molecule has 7 heteroatoms. The van der Waals surface area contributed by atoms with E-state index < -0.39 is 4.92 Å². The van der Waals surface area contributed by atoms with Gasteiger partial charge in [-0.25, -0.2) is 0 Å². The topological polar surface area (TPSA) is 72.2 Å². The smallest absolute Gasteiger partial charge is 0.284 e. The van der Waals surface area contributed by atoms with E-state index in [1.54, 1.807) is 17.4 Å². The fourth-order valence-electron chi connectivity index (χ4n) is 1.91. The Bertz CT molecular complexity index is 658. The van der Waals surface area contributed by atoms with Gasteiger partial charge in [-0.05, 0) is 63.8 Å². The Balaban J connectivity index is 2.06. The summed E-state index contributed by atoms with van der Waals surface area (Å²) in [5, 5.41) is 17.7. The molecule has 2 rings (SSSR count). The first-order valence-electron chi connectivity index (χ1n) is 6.23. The molecule has 0 saturated carbocycles. The van der Waals surface area contributed by atoms with E-state index in [1.807, 2.05) is 23.8 Å². The fourth-order valence-corrected chi connectivity index (χ4v) is 2.99. The summed E-state index contributed by atoms with van der Waals surface area (Å²) >= 11 is 4.71. The van der Waals surface area contributed by atoms with Crippen molar-refractivity contribution in [1.82, 2.24) is 5.32 Å². The maximum absolute atomic E-state index is 12.1. The molecule has 0 bridgehead atoms. The van der Waals surface area contributed by atoms with Crippen LogP contribution in [-0.4, -0.2) is 16.9 Å². The molecule has 1 aromatic heterocycles. The fraction of sp³-hybridized carbons (Fsp3) is 0.214. The van der Waals surface area contributed by atoms with E-state index in [-0.39, 0.29) is 23.2 Å². The number of benzene rings is 1. The van der Waals surface area contributed by atoms with Crippen LogP contribution in [0.25, 0.3) is 0 Å². The van der Waals surface area contributed by atoms with Crippen molar-refractivity contribution in [3.8, 4) is 0 Å². The van der Waals surface area contributed by atoms with Gasteiger partial charge in [-0.1, -0.05) is 0 Å². The summed E-state index contributed by atoms with van der Waals surface area (Å²) in [6, 6.07) is 6.31. The Kier molecular flexibility index (Phi) is 5.08. The van der Waals surface area contributed by atoms with Gasteiger partial charge in [0.25, 0.3) is 11.6 Å². The minimum atomic E-state index is -0.518. The van der Waals surface area contributed by atoms with Gasteiger partial charge in [-0.2, -0.15) is 11.3 Å². The van der Waals surface area contributed by atoms with E-state index in [0.717, 1.165) is 12.0 Å². The van der Waals surface area contributed by atoms with E-state index in [0.29, 0.717) is 4.47 Å². The van der Waals surface area contributed by atoms with Crippen LogP contribution < -0.4 is 5.32 Å². The molecular weight excluding hydrogens is 356 g/mol. The first-order chi connectivity index (χ1) is 9.97. The number of nitro benzene ring substituents is 1. The maximum atomic E-state index is 12.1. The van der Waals surface area contributed by atoms with E-state index >= 15 is 0 Å². The SMILES string of the molecule is CC(Cc1ccsc1)NC(=O)c1ccc(Br)c([N+](=O)[O-])c1. The van der Waals surface area contributed by atoms with Crippen molar-refractivity contribution in [2.45, 2.75) is 19.4 Å². The summed E-state index contributed by atoms with van der Waals surface area (Å²) in [5.74, 6) is -0.312. The Hall–Kier alpha value is -1.73. The number of amides is 1. The van der Waals surface area contributed by atoms with Crippen LogP contribution in [0, 0.1) is 10.1 Å². The number of thiophene rings is 1. The molecule has 0 spiro atoms. The second-order valence-corrected chi connectivity index (χ2v) is 6.27. The summed E-state index contributed by atoms with van der Waals surface area (Å²) < 4.78 is 0.357. The zero-order valence-corrected chi connectivity index (χ0v) is 13.6. The van der Waals surface area contributed by atoms with Gasteiger partial charge in [-0.3, -0.25) is 14.9 Å². The zero-order chi connectivity index (χ0) is 15.4. The van der Waals surface area contributed by atoms with Gasteiger partial charge < -0.3 is 5.32 Å². The molecule has 1 heterocycles. The van der Waals surface area contributed by atoms with Crippen molar-refractivity contribution in [2.75, 3.05) is 0 Å². The third-order valence-electron chi connectivity index (χ3n) is 2.90. The molecule has 2 aromatic rings. The van der Waals surface area contributed by atoms with Gasteiger partial charge in [0.15, 0.2) is 0 Å². The summed E-state index contributed by atoms with van der Waals surface area (Å²) in [7, 11) is 0. The van der Waals surface area contributed by atoms with Crippen LogP contribution >= 0.6 is 27.3 Å². The van der Waals surface area contributed by atoms with Crippen molar-refractivity contribution in [3.63, 3.8) is 0 Å². The van der Waals surface area contributed by atoms with Gasteiger partial charge in [0.05, 0.1) is 9.40 Å². The molecule has 1 N–H and O–H groups in total. The summed E-state index contributed by atoms with van der Waals surface area (Å²) in [6.45, 7) is 1.91. The number of carbonyl (C=O) groups is 1. The van der Waals surface area contributed by atoms with Crippen LogP contribution in [0.2, 0.25) is 0 Å². The highest BCUT2D eigenvalue weighted by atomic mass is 79.9. The molecular formula is C14H13BrN2O3S. The van der Waals surface area contributed by atoms with Gasteiger partial charge in [0.2, 0.25) is 0 Å². The molecule has 1 unspecified atom stereocenters. The molecule has 21 heavy (non-hydrogen) atoms. The largest absolute Gasteiger partial charge is 0.349 e. The minimum absolute atomic E-state index is 0.0465. The summed E-state index contributed by atoms with van der Waals surface area (Å²) in [5.41, 5.74) is 1.32. The zero-order valence-electron chi connectivity index (χ0n) is 11.2. The van der Waals surface area contributed by atoms with Gasteiger partial charge in [-0.15, -0.1) is 0 Å². The minimum Gasteiger partial charge on any atom is -0.349 e. The lowest BCUT2D eigenvalue weighted by atomic mass is 10.1. The average Bonchev–Trinajstić information content (AvgIpc) is 2.91. The quantitative estimate of drug-likeness (QED) is 0.644. The van der Waals surface area contributed by atoms with Crippen molar-refractivity contribution < 1.29 is 9.72 Å². The number of hydrogen-bond acceptors (Lipinski definition) is 4. The molecule has 1 atom stereocenters. The van der Waals surface area contributed by atoms with Gasteiger partial charge >= 0.3 is 0 Å². The lowest BCUT2D eigenvalue weighted by Crippen LogP contribution is -2.34. The first kappa shape index (κ1) is 15.7. The molecule has 110 valence electrons. The van der Waals surface area contributed by atoms with Crippen molar-refractivity contribution >= 4 is 38.9 Å². The van der Waals surface area contributed by atoms with Crippen LogP contribution in [-0.2, 0) is 6.42 Å². The Morgan fingerprint density at radius 2 is 2.24 bits per heavy atom. The highest BCUT2D eigenvalue weighted by Crippen LogP contribution is 2.25. The van der Waals surface area contributed by atoms with Gasteiger partial charge in [0, 0.05) is 17.7 Å². The Morgan fingerprint density at radius 1 is 1.48 bits per heavy atom. The van der Waals surface area contributed by atoms with Crippen molar-refractivity contribution in [1.29, 1.82) is 0 Å². The number of carbonyl (C=O) groups excluding carboxylic acids is 1. The third-order valence-corrected chi connectivity index (χ3v) is 4.31. The third kappa shape index (κ3) is 4.12. The Labute approximate surface area is 134 Å². The lowest BCUT2D eigenvalue weighted by Gasteiger charge is -2.13. The van der Waals surface area contributed by atoms with Gasteiger partial charge in [0.1, 0.15) is 0 Å². The second-order valence-electron chi connectivity index (χ2n) is 4.63. The lowest BCUT2D eigenvalue weighted by molar-refractivity contribution is -0.385. The van der Waals surface area contributed by atoms with E-state index in [2.05, 4.69) is 21.2 Å². The standard InChI is InChI=1S/C14H13BrN2O3S/c1-9(6-10-4-5-21-8-10)16-14(18)11-2-3-12(15)13(7-11)17(19)20/h2-5,7-9H,6H2,1H3,(H,16,18). The highest BCUT2D eigenvalue weighted by Gasteiger charge is 2.17. The Morgan fingerprint density at radius 3 is 2.86 bits per heavy atom. The molecule has 0 aliphatic heterocycles. The number of hydrogen-bond donors (Lipinski definition) is 1. The maximum Gasteiger partial charge on any atom is 0.284 e. The molecule has 0 radical (unpaired) electrons. The molecule has 0 aliphatic rings. The monoisotopic (exact) mass is 368 g/mol. The molecule has 5 nitrogen and oxygen atoms in total. The average molecular weight is 369 g/mol. The first-order valence-corrected chi connectivity index (χ1v) is 7.97. The van der Waals surface area contributed by atoms with Crippen LogP contribution in [0.3, 0.4) is 0 Å². The molecule has 0 saturated heterocycles. The number of nitro groups is 1. The van der Waals surface area contributed by atoms with E-state index in [9.17, 15) is 14.9 Å². The predicted molar refractivity (Wildman–Crippen MR) is 85.7 cm³/mol. The molecule has 1 aromatic carbocycles. The van der Waals surface area contributed by atoms with Crippen molar-refractivity contribution in [3.05, 3.63) is 60.7 Å². The molecule has 1 amide bonds. The predicted octanol–water partition coefficient (Wildman–Crippen LogP) is 3.78. The van der Waals surface area contributed by atoms with Crippen LogP contribution in [0.4, 0.5) is 5.69 Å². The number of nitrogens with zero attached hydrogens (tertiary/aromatic N) is 1. The van der Waals surface area contributed by atoms with Crippen LogP contribution in [0.5, 0.6) is 0 Å². The van der Waals surface area contributed by atoms with Crippen LogP contribution in [0.1, 0.15) is 22.8 Å². The summed E-state index contributed by atoms with van der Waals surface area (Å²) in [6.07, 6.45) is 0.730. The summed E-state index contributed by atoms with van der Waals surface area (Å²) in [4.78, 5) is 22.5. The number of rotatable bonds is 5. The highest BCUT2D eigenvalue weighted by molar-refractivity contribution is 9.10. The van der Waals surface area contributed by atoms with E-state index in [1.165, 1.54) is 12.1 Å². The van der Waals surface area contributed by atoms with E-state index in [4.69, 9.17) is 0 Å². The molecule has 0 fully saturated rings. The normalized spacial score (nSPS) is 11.9. The molecule has 0 aliphatic carbocycles. The van der Waals surface area contributed by atoms with Crippen molar-refractivity contribution in [2.24, 2.45) is 0 Å².